The van der Waals surface area contributed by atoms with Gasteiger partial charge in [0.2, 0.25) is 0 Å². The fourth-order valence-corrected chi connectivity index (χ4v) is 2.57. The Morgan fingerprint density at radius 2 is 2.12 bits per heavy atom. The van der Waals surface area contributed by atoms with Gasteiger partial charge >= 0.3 is 0 Å². The minimum absolute atomic E-state index is 0.603. The van der Waals surface area contributed by atoms with Crippen molar-refractivity contribution >= 4 is 17.3 Å². The first-order valence-electron chi connectivity index (χ1n) is 6.07. The van der Waals surface area contributed by atoms with Gasteiger partial charge in [-0.1, -0.05) is 24.1 Å². The molecule has 0 saturated heterocycles. The molecule has 1 aliphatic rings. The zero-order valence-corrected chi connectivity index (χ0v) is 10.9. The van der Waals surface area contributed by atoms with Crippen LogP contribution >= 0.6 is 11.6 Å². The van der Waals surface area contributed by atoms with Crippen LogP contribution in [0.15, 0.2) is 18.2 Å². The van der Waals surface area contributed by atoms with Gasteiger partial charge in [0, 0.05) is 25.2 Å². The molecule has 0 bridgehead atoms. The average Bonchev–Trinajstić information content (AvgIpc) is 2.23. The summed E-state index contributed by atoms with van der Waals surface area (Å²) in [6.45, 7) is 3.29. The molecule has 0 aromatic heterocycles. The fraction of sp³-hybridized carbons (Fsp3) is 0.571. The van der Waals surface area contributed by atoms with Gasteiger partial charge in [-0.2, -0.15) is 0 Å². The zero-order chi connectivity index (χ0) is 11.5. The molecule has 0 spiro atoms. The highest BCUT2D eigenvalue weighted by Gasteiger charge is 2.20. The van der Waals surface area contributed by atoms with Crippen molar-refractivity contribution in [2.75, 3.05) is 18.5 Å². The molecule has 88 valence electrons. The van der Waals surface area contributed by atoms with Crippen molar-refractivity contribution in [1.82, 2.24) is 0 Å². The van der Waals surface area contributed by atoms with E-state index in [-0.39, 0.29) is 0 Å². The summed E-state index contributed by atoms with van der Waals surface area (Å²) in [6.07, 6.45) is 4.20. The number of benzene rings is 1. The zero-order valence-electron chi connectivity index (χ0n) is 10.2. The number of alkyl halides is 1. The number of aryl methyl sites for hydroxylation is 1. The predicted octanol–water partition coefficient (Wildman–Crippen LogP) is 3.97. The maximum atomic E-state index is 6.01. The SMILES string of the molecule is Cc1ccc(N(C)CC2CCC2)c(CCl)c1. The van der Waals surface area contributed by atoms with Gasteiger partial charge < -0.3 is 4.90 Å². The number of hydrogen-bond acceptors (Lipinski definition) is 1. The first kappa shape index (κ1) is 11.8. The normalized spacial score (nSPS) is 15.9. The van der Waals surface area contributed by atoms with Crippen LogP contribution in [0.2, 0.25) is 0 Å². The summed E-state index contributed by atoms with van der Waals surface area (Å²) in [6, 6.07) is 6.56. The fourth-order valence-electron chi connectivity index (χ4n) is 2.35. The smallest absolute Gasteiger partial charge is 0.0494 e. The van der Waals surface area contributed by atoms with Gasteiger partial charge in [-0.3, -0.25) is 0 Å². The van der Waals surface area contributed by atoms with Crippen LogP contribution in [-0.2, 0) is 5.88 Å². The third-order valence-electron chi connectivity index (χ3n) is 3.55. The summed E-state index contributed by atoms with van der Waals surface area (Å²) < 4.78 is 0. The number of hydrogen-bond donors (Lipinski definition) is 0. The Labute approximate surface area is 103 Å². The summed E-state index contributed by atoms with van der Waals surface area (Å²) in [5, 5.41) is 0. The molecule has 0 amide bonds. The van der Waals surface area contributed by atoms with E-state index in [1.165, 1.54) is 42.6 Å². The van der Waals surface area contributed by atoms with E-state index in [4.69, 9.17) is 11.6 Å². The molecule has 1 fully saturated rings. The topological polar surface area (TPSA) is 3.24 Å². The van der Waals surface area contributed by atoms with Gasteiger partial charge in [0.05, 0.1) is 0 Å². The molecule has 2 heteroatoms. The lowest BCUT2D eigenvalue weighted by molar-refractivity contribution is 0.321. The molecule has 0 heterocycles. The Balaban J connectivity index is 2.11. The maximum Gasteiger partial charge on any atom is 0.0494 e. The lowest BCUT2D eigenvalue weighted by atomic mass is 9.85. The van der Waals surface area contributed by atoms with E-state index >= 15 is 0 Å². The van der Waals surface area contributed by atoms with Gasteiger partial charge in [0.25, 0.3) is 0 Å². The summed E-state index contributed by atoms with van der Waals surface area (Å²) in [5.74, 6) is 1.50. The first-order valence-corrected chi connectivity index (χ1v) is 6.61. The van der Waals surface area contributed by atoms with Crippen LogP contribution in [0.3, 0.4) is 0 Å². The second-order valence-corrected chi connectivity index (χ2v) is 5.21. The van der Waals surface area contributed by atoms with E-state index < -0.39 is 0 Å². The number of rotatable bonds is 4. The van der Waals surface area contributed by atoms with Gasteiger partial charge in [-0.15, -0.1) is 11.6 Å². The van der Waals surface area contributed by atoms with Crippen LogP contribution in [-0.4, -0.2) is 13.6 Å². The van der Waals surface area contributed by atoms with Crippen LogP contribution in [0.25, 0.3) is 0 Å². The van der Waals surface area contributed by atoms with Gasteiger partial charge in [0.1, 0.15) is 0 Å². The van der Waals surface area contributed by atoms with Gasteiger partial charge in [-0.25, -0.2) is 0 Å². The minimum Gasteiger partial charge on any atom is -0.374 e. The second kappa shape index (κ2) is 5.09. The third kappa shape index (κ3) is 2.52. The molecule has 1 aliphatic carbocycles. The molecule has 0 N–H and O–H groups in total. The average molecular weight is 238 g/mol. The molecular formula is C14H20ClN. The van der Waals surface area contributed by atoms with Crippen molar-refractivity contribution in [3.8, 4) is 0 Å². The first-order chi connectivity index (χ1) is 7.70. The van der Waals surface area contributed by atoms with E-state index in [9.17, 15) is 0 Å². The van der Waals surface area contributed by atoms with Crippen LogP contribution in [0, 0.1) is 12.8 Å². The summed E-state index contributed by atoms with van der Waals surface area (Å²) in [4.78, 5) is 2.36. The molecule has 0 unspecified atom stereocenters. The molecule has 16 heavy (non-hydrogen) atoms. The van der Waals surface area contributed by atoms with E-state index in [2.05, 4.69) is 37.1 Å². The van der Waals surface area contributed by atoms with Gasteiger partial charge in [-0.05, 0) is 37.3 Å². The maximum absolute atomic E-state index is 6.01. The standard InChI is InChI=1S/C14H20ClN/c1-11-6-7-14(13(8-11)9-15)16(2)10-12-4-3-5-12/h6-8,12H,3-5,9-10H2,1-2H3. The summed E-state index contributed by atoms with van der Waals surface area (Å²) in [5.41, 5.74) is 3.84. The van der Waals surface area contributed by atoms with Crippen LogP contribution in [0.4, 0.5) is 5.69 Å². The quantitative estimate of drug-likeness (QED) is 0.717. The van der Waals surface area contributed by atoms with Crippen molar-refractivity contribution in [3.05, 3.63) is 29.3 Å². The molecule has 1 aromatic rings. The van der Waals surface area contributed by atoms with E-state index in [1.807, 2.05) is 0 Å². The van der Waals surface area contributed by atoms with Crippen molar-refractivity contribution in [2.24, 2.45) is 5.92 Å². The Bertz CT molecular complexity index is 358. The largest absolute Gasteiger partial charge is 0.374 e. The Morgan fingerprint density at radius 3 is 2.69 bits per heavy atom. The highest BCUT2D eigenvalue weighted by molar-refractivity contribution is 6.17. The van der Waals surface area contributed by atoms with Crippen molar-refractivity contribution in [3.63, 3.8) is 0 Å². The lowest BCUT2D eigenvalue weighted by Crippen LogP contribution is -2.29. The summed E-state index contributed by atoms with van der Waals surface area (Å²) in [7, 11) is 2.18. The monoisotopic (exact) mass is 237 g/mol. The van der Waals surface area contributed by atoms with Crippen molar-refractivity contribution < 1.29 is 0 Å². The van der Waals surface area contributed by atoms with Crippen LogP contribution in [0.1, 0.15) is 30.4 Å². The Hall–Kier alpha value is -0.690. The molecular weight excluding hydrogens is 218 g/mol. The molecule has 2 rings (SSSR count). The Morgan fingerprint density at radius 1 is 1.38 bits per heavy atom. The van der Waals surface area contributed by atoms with Crippen LogP contribution < -0.4 is 4.90 Å². The predicted molar refractivity (Wildman–Crippen MR) is 71.3 cm³/mol. The van der Waals surface area contributed by atoms with Gasteiger partial charge in [0.15, 0.2) is 0 Å². The molecule has 0 aliphatic heterocycles. The van der Waals surface area contributed by atoms with Crippen molar-refractivity contribution in [1.29, 1.82) is 0 Å². The number of halogens is 1. The Kier molecular flexibility index (Phi) is 3.75. The minimum atomic E-state index is 0.603. The summed E-state index contributed by atoms with van der Waals surface area (Å²) >= 11 is 6.01. The van der Waals surface area contributed by atoms with Crippen molar-refractivity contribution in [2.45, 2.75) is 32.1 Å². The molecule has 1 saturated carbocycles. The number of anilines is 1. The van der Waals surface area contributed by atoms with E-state index in [0.29, 0.717) is 5.88 Å². The second-order valence-electron chi connectivity index (χ2n) is 4.94. The molecule has 1 nitrogen and oxygen atoms in total. The molecule has 1 aromatic carbocycles. The lowest BCUT2D eigenvalue weighted by Gasteiger charge is -2.32. The molecule has 0 radical (unpaired) electrons. The molecule has 0 atom stereocenters. The highest BCUT2D eigenvalue weighted by atomic mass is 35.5. The van der Waals surface area contributed by atoms with Crippen LogP contribution in [0.5, 0.6) is 0 Å². The number of nitrogens with zero attached hydrogens (tertiary/aromatic N) is 1. The highest BCUT2D eigenvalue weighted by Crippen LogP contribution is 2.30. The van der Waals surface area contributed by atoms with E-state index in [1.54, 1.807) is 0 Å². The third-order valence-corrected chi connectivity index (χ3v) is 3.83. The van der Waals surface area contributed by atoms with E-state index in [0.717, 1.165) is 5.92 Å².